The first-order valence-electron chi connectivity index (χ1n) is 6.76. The van der Waals surface area contributed by atoms with Crippen LogP contribution in [0.5, 0.6) is 0 Å². The molecule has 118 valence electrons. The normalized spacial score (nSPS) is 12.2. The lowest BCUT2D eigenvalue weighted by Crippen LogP contribution is -2.38. The van der Waals surface area contributed by atoms with E-state index in [2.05, 4.69) is 20.8 Å². The molecule has 2 aromatic rings. The summed E-state index contributed by atoms with van der Waals surface area (Å²) in [5.41, 5.74) is 0.524. The van der Waals surface area contributed by atoms with Crippen LogP contribution in [0.2, 0.25) is 0 Å². The number of amides is 1. The Morgan fingerprint density at radius 1 is 1.41 bits per heavy atom. The molecule has 0 aliphatic heterocycles. The molecular formula is C13H17N5O3S. The Morgan fingerprint density at radius 3 is 2.82 bits per heavy atom. The molecule has 1 atom stereocenters. The van der Waals surface area contributed by atoms with Crippen molar-refractivity contribution in [2.45, 2.75) is 26.8 Å². The van der Waals surface area contributed by atoms with E-state index >= 15 is 0 Å². The molecular weight excluding hydrogens is 306 g/mol. The number of thiophene rings is 1. The minimum Gasteiger partial charge on any atom is -0.451 e. The molecule has 0 spiro atoms. The minimum atomic E-state index is -0.576. The predicted octanol–water partition coefficient (Wildman–Crippen LogP) is 1.04. The largest absolute Gasteiger partial charge is 0.451 e. The number of esters is 1. The van der Waals surface area contributed by atoms with Crippen molar-refractivity contribution in [3.05, 3.63) is 22.7 Å². The summed E-state index contributed by atoms with van der Waals surface area (Å²) in [6, 6.07) is 1.73. The molecule has 0 unspecified atom stereocenters. The Hall–Kier alpha value is -2.29. The summed E-state index contributed by atoms with van der Waals surface area (Å²) in [4.78, 5) is 24.1. The van der Waals surface area contributed by atoms with Crippen molar-refractivity contribution in [3.8, 4) is 5.69 Å². The molecule has 22 heavy (non-hydrogen) atoms. The fraction of sp³-hybridized carbons (Fsp3) is 0.462. The first-order valence-corrected chi connectivity index (χ1v) is 7.64. The molecule has 2 heterocycles. The van der Waals surface area contributed by atoms with E-state index < -0.39 is 5.97 Å². The Bertz CT molecular complexity index is 638. The molecule has 8 nitrogen and oxygen atoms in total. The lowest BCUT2D eigenvalue weighted by molar-refractivity contribution is -0.125. The highest BCUT2D eigenvalue weighted by molar-refractivity contribution is 7.12. The zero-order valence-electron chi connectivity index (χ0n) is 12.5. The molecule has 1 amide bonds. The highest BCUT2D eigenvalue weighted by Gasteiger charge is 2.19. The number of carbonyl (C=O) groups excluding carboxylic acids is 2. The van der Waals surface area contributed by atoms with E-state index in [9.17, 15) is 9.59 Å². The zero-order valence-corrected chi connectivity index (χ0v) is 13.3. The lowest BCUT2D eigenvalue weighted by atomic mass is 10.1. The van der Waals surface area contributed by atoms with E-state index in [4.69, 9.17) is 4.74 Å². The standard InChI is InChI=1S/C13H17N5O3S/c1-8(2)9(3)15-11(19)6-21-13(20)12-10(4-5-22-12)18-7-14-16-17-18/h4-5,7-9H,6H2,1-3H3,(H,15,19)/t9-/m0/s1. The smallest absolute Gasteiger partial charge is 0.351 e. The molecule has 0 saturated carbocycles. The third-order valence-corrected chi connectivity index (χ3v) is 4.03. The average Bonchev–Trinajstić information content (AvgIpc) is 3.14. The van der Waals surface area contributed by atoms with Crippen LogP contribution in [0.4, 0.5) is 0 Å². The molecule has 0 bridgehead atoms. The average molecular weight is 323 g/mol. The Morgan fingerprint density at radius 2 is 2.18 bits per heavy atom. The van der Waals surface area contributed by atoms with Crippen LogP contribution in [0.15, 0.2) is 17.8 Å². The number of ether oxygens (including phenoxy) is 1. The summed E-state index contributed by atoms with van der Waals surface area (Å²) < 4.78 is 6.41. The Balaban J connectivity index is 1.94. The minimum absolute atomic E-state index is 0.0183. The number of nitrogens with one attached hydrogen (secondary N) is 1. The molecule has 0 saturated heterocycles. The fourth-order valence-electron chi connectivity index (χ4n) is 1.57. The van der Waals surface area contributed by atoms with Crippen LogP contribution in [-0.4, -0.2) is 44.7 Å². The van der Waals surface area contributed by atoms with E-state index in [1.165, 1.54) is 22.3 Å². The van der Waals surface area contributed by atoms with Crippen LogP contribution in [0, 0.1) is 5.92 Å². The highest BCUT2D eigenvalue weighted by Crippen LogP contribution is 2.20. The van der Waals surface area contributed by atoms with Gasteiger partial charge in [0.25, 0.3) is 5.91 Å². The monoisotopic (exact) mass is 323 g/mol. The van der Waals surface area contributed by atoms with Gasteiger partial charge < -0.3 is 10.1 Å². The number of aromatic nitrogens is 4. The third kappa shape index (κ3) is 3.88. The van der Waals surface area contributed by atoms with Crippen LogP contribution in [0.25, 0.3) is 5.69 Å². The van der Waals surface area contributed by atoms with Crippen LogP contribution < -0.4 is 5.32 Å². The van der Waals surface area contributed by atoms with Crippen LogP contribution in [0.3, 0.4) is 0 Å². The maximum absolute atomic E-state index is 12.1. The van der Waals surface area contributed by atoms with Gasteiger partial charge in [-0.05, 0) is 34.7 Å². The topological polar surface area (TPSA) is 99.0 Å². The van der Waals surface area contributed by atoms with Gasteiger partial charge in [-0.15, -0.1) is 16.4 Å². The van der Waals surface area contributed by atoms with Crippen molar-refractivity contribution in [1.82, 2.24) is 25.5 Å². The molecule has 0 radical (unpaired) electrons. The van der Waals surface area contributed by atoms with Crippen molar-refractivity contribution < 1.29 is 14.3 Å². The molecule has 2 aromatic heterocycles. The first kappa shape index (κ1) is 16.1. The molecule has 2 rings (SSSR count). The van der Waals surface area contributed by atoms with E-state index in [0.717, 1.165) is 0 Å². The number of hydrogen-bond acceptors (Lipinski definition) is 7. The van der Waals surface area contributed by atoms with Crippen LogP contribution in [-0.2, 0) is 9.53 Å². The second kappa shape index (κ2) is 7.12. The molecule has 9 heteroatoms. The van der Waals surface area contributed by atoms with E-state index in [1.54, 1.807) is 11.4 Å². The van der Waals surface area contributed by atoms with Crippen molar-refractivity contribution >= 4 is 23.2 Å². The fourth-order valence-corrected chi connectivity index (χ4v) is 2.34. The lowest BCUT2D eigenvalue weighted by Gasteiger charge is -2.17. The number of carbonyl (C=O) groups is 2. The molecule has 0 aromatic carbocycles. The summed E-state index contributed by atoms with van der Waals surface area (Å²) in [6.45, 7) is 5.59. The van der Waals surface area contributed by atoms with Gasteiger partial charge in [-0.2, -0.15) is 4.68 Å². The zero-order chi connectivity index (χ0) is 16.1. The summed E-state index contributed by atoms with van der Waals surface area (Å²) in [6.07, 6.45) is 1.38. The van der Waals surface area contributed by atoms with Crippen LogP contribution in [0.1, 0.15) is 30.4 Å². The molecule has 1 N–H and O–H groups in total. The van der Waals surface area contributed by atoms with Gasteiger partial charge in [-0.25, -0.2) is 4.79 Å². The summed E-state index contributed by atoms with van der Waals surface area (Å²) in [5.74, 6) is -0.591. The number of rotatable bonds is 6. The number of nitrogens with zero attached hydrogens (tertiary/aromatic N) is 4. The van der Waals surface area contributed by atoms with Gasteiger partial charge in [0.2, 0.25) is 0 Å². The van der Waals surface area contributed by atoms with Crippen molar-refractivity contribution in [2.24, 2.45) is 5.92 Å². The predicted molar refractivity (Wildman–Crippen MR) is 79.8 cm³/mol. The van der Waals surface area contributed by atoms with Gasteiger partial charge in [0.15, 0.2) is 6.61 Å². The quantitative estimate of drug-likeness (QED) is 0.798. The number of hydrogen-bond donors (Lipinski definition) is 1. The van der Waals surface area contributed by atoms with E-state index in [-0.39, 0.29) is 18.6 Å². The van der Waals surface area contributed by atoms with Crippen molar-refractivity contribution in [1.29, 1.82) is 0 Å². The summed E-state index contributed by atoms with van der Waals surface area (Å²) in [5, 5.41) is 15.3. The maximum atomic E-state index is 12.1. The second-order valence-electron chi connectivity index (χ2n) is 5.07. The van der Waals surface area contributed by atoms with Gasteiger partial charge in [-0.1, -0.05) is 13.8 Å². The van der Waals surface area contributed by atoms with Gasteiger partial charge in [-0.3, -0.25) is 4.79 Å². The SMILES string of the molecule is CC(C)[C@H](C)NC(=O)COC(=O)c1sccc1-n1cnnn1. The van der Waals surface area contributed by atoms with Gasteiger partial charge >= 0.3 is 5.97 Å². The Labute approximate surface area is 131 Å². The third-order valence-electron chi connectivity index (χ3n) is 3.15. The van der Waals surface area contributed by atoms with E-state index in [0.29, 0.717) is 16.5 Å². The number of tetrazole rings is 1. The van der Waals surface area contributed by atoms with E-state index in [1.807, 2.05) is 20.8 Å². The summed E-state index contributed by atoms with van der Waals surface area (Å²) in [7, 11) is 0. The molecule has 0 aliphatic carbocycles. The van der Waals surface area contributed by atoms with Crippen LogP contribution >= 0.6 is 11.3 Å². The Kier molecular flexibility index (Phi) is 5.21. The maximum Gasteiger partial charge on any atom is 0.351 e. The molecule has 0 aliphatic rings. The second-order valence-corrected chi connectivity index (χ2v) is 5.98. The van der Waals surface area contributed by atoms with Gasteiger partial charge in [0, 0.05) is 6.04 Å². The van der Waals surface area contributed by atoms with Gasteiger partial charge in [0.1, 0.15) is 11.2 Å². The molecule has 0 fully saturated rings. The van der Waals surface area contributed by atoms with Crippen molar-refractivity contribution in [3.63, 3.8) is 0 Å². The van der Waals surface area contributed by atoms with Crippen molar-refractivity contribution in [2.75, 3.05) is 6.61 Å². The van der Waals surface area contributed by atoms with Gasteiger partial charge in [0.05, 0.1) is 5.69 Å². The summed E-state index contributed by atoms with van der Waals surface area (Å²) >= 11 is 1.20. The highest BCUT2D eigenvalue weighted by atomic mass is 32.1. The first-order chi connectivity index (χ1) is 10.5.